The molecule has 0 amide bonds. The van der Waals surface area contributed by atoms with Gasteiger partial charge in [0.25, 0.3) is 0 Å². The minimum atomic E-state index is -0.249. The molecule has 0 aliphatic heterocycles. The topological polar surface area (TPSA) is 25.2 Å². The molecule has 1 atom stereocenters. The Kier molecular flexibility index (Phi) is 4.43. The summed E-state index contributed by atoms with van der Waals surface area (Å²) in [5.41, 5.74) is 1.75. The van der Waals surface area contributed by atoms with Crippen molar-refractivity contribution < 1.29 is 8.81 Å². The molecule has 0 aliphatic rings. The molecule has 2 rings (SSSR count). The molecule has 1 heterocycles. The van der Waals surface area contributed by atoms with Crippen molar-refractivity contribution in [1.82, 2.24) is 5.32 Å². The fourth-order valence-electron chi connectivity index (χ4n) is 1.84. The Morgan fingerprint density at radius 2 is 2.22 bits per heavy atom. The Morgan fingerprint density at radius 1 is 1.44 bits per heavy atom. The van der Waals surface area contributed by atoms with Gasteiger partial charge in [-0.15, -0.1) is 0 Å². The molecule has 0 saturated carbocycles. The van der Waals surface area contributed by atoms with Crippen molar-refractivity contribution in [2.75, 3.05) is 7.05 Å². The first kappa shape index (κ1) is 13.6. The number of rotatable bonds is 4. The van der Waals surface area contributed by atoms with E-state index in [1.54, 1.807) is 12.3 Å². The third-order valence-electron chi connectivity index (χ3n) is 2.80. The zero-order chi connectivity index (χ0) is 13.1. The number of hydrogen-bond donors (Lipinski definition) is 1. The van der Waals surface area contributed by atoms with Crippen LogP contribution in [0.25, 0.3) is 0 Å². The first-order valence-electron chi connectivity index (χ1n) is 5.46. The Hall–Kier alpha value is -0.840. The third-order valence-corrected chi connectivity index (χ3v) is 3.88. The van der Waals surface area contributed by atoms with E-state index in [-0.39, 0.29) is 11.9 Å². The van der Waals surface area contributed by atoms with Crippen molar-refractivity contribution in [1.29, 1.82) is 0 Å². The first-order valence-corrected chi connectivity index (χ1v) is 6.63. The van der Waals surface area contributed by atoms with E-state index >= 15 is 0 Å². The summed E-state index contributed by atoms with van der Waals surface area (Å²) in [4.78, 5) is 0. The van der Waals surface area contributed by atoms with Gasteiger partial charge in [0, 0.05) is 16.1 Å². The van der Waals surface area contributed by atoms with Crippen LogP contribution in [0.3, 0.4) is 0 Å². The number of benzene rings is 1. The maximum absolute atomic E-state index is 13.2. The quantitative estimate of drug-likeness (QED) is 0.901. The van der Waals surface area contributed by atoms with Gasteiger partial charge < -0.3 is 9.73 Å². The van der Waals surface area contributed by atoms with Crippen LogP contribution in [-0.2, 0) is 6.42 Å². The second kappa shape index (κ2) is 5.87. The van der Waals surface area contributed by atoms with Crippen LogP contribution in [0.5, 0.6) is 0 Å². The molecule has 1 aromatic heterocycles. The zero-order valence-electron chi connectivity index (χ0n) is 9.71. The van der Waals surface area contributed by atoms with Crippen molar-refractivity contribution in [2.24, 2.45) is 0 Å². The van der Waals surface area contributed by atoms with E-state index in [1.807, 2.05) is 13.1 Å². The van der Waals surface area contributed by atoms with Gasteiger partial charge in [-0.25, -0.2) is 4.39 Å². The molecule has 0 fully saturated rings. The summed E-state index contributed by atoms with van der Waals surface area (Å²) in [7, 11) is 1.83. The highest BCUT2D eigenvalue weighted by atomic mass is 79.9. The maximum atomic E-state index is 13.2. The molecule has 1 aromatic carbocycles. The van der Waals surface area contributed by atoms with E-state index in [0.29, 0.717) is 11.6 Å². The molecule has 0 spiro atoms. The number of nitrogens with one attached hydrogen (secondary N) is 1. The molecule has 2 aromatic rings. The van der Waals surface area contributed by atoms with Crippen LogP contribution in [-0.4, -0.2) is 7.05 Å². The lowest BCUT2D eigenvalue weighted by atomic mass is 10.0. The van der Waals surface area contributed by atoms with Gasteiger partial charge >= 0.3 is 0 Å². The van der Waals surface area contributed by atoms with Crippen molar-refractivity contribution in [3.63, 3.8) is 0 Å². The normalized spacial score (nSPS) is 12.7. The number of likely N-dealkylation sites (N-methyl/N-ethyl adjacent to an activating group) is 1. The Balaban J connectivity index is 2.26. The van der Waals surface area contributed by atoms with Crippen molar-refractivity contribution in [3.8, 4) is 0 Å². The molecule has 1 N–H and O–H groups in total. The van der Waals surface area contributed by atoms with Gasteiger partial charge in [0.1, 0.15) is 5.82 Å². The van der Waals surface area contributed by atoms with Gasteiger partial charge in [-0.2, -0.15) is 0 Å². The number of halogens is 3. The molecule has 18 heavy (non-hydrogen) atoms. The summed E-state index contributed by atoms with van der Waals surface area (Å²) < 4.78 is 19.2. The monoisotopic (exact) mass is 331 g/mol. The highest BCUT2D eigenvalue weighted by molar-refractivity contribution is 9.10. The average molecular weight is 333 g/mol. The van der Waals surface area contributed by atoms with Crippen LogP contribution >= 0.6 is 27.5 Å². The molecule has 0 radical (unpaired) electrons. The van der Waals surface area contributed by atoms with E-state index in [2.05, 4.69) is 21.2 Å². The van der Waals surface area contributed by atoms with Crippen LogP contribution in [0.1, 0.15) is 17.2 Å². The van der Waals surface area contributed by atoms with Gasteiger partial charge in [0.2, 0.25) is 0 Å². The standard InChI is InChI=1S/C13H12BrClFNO/c1-17-12(10-4-5-18-13(10)15)7-8-6-9(16)2-3-11(8)14/h2-6,12,17H,7H2,1H3. The van der Waals surface area contributed by atoms with Crippen LogP contribution in [0.15, 0.2) is 39.4 Å². The molecule has 96 valence electrons. The minimum absolute atomic E-state index is 0.0191. The number of furan rings is 1. The van der Waals surface area contributed by atoms with E-state index in [9.17, 15) is 4.39 Å². The second-order valence-corrected chi connectivity index (χ2v) is 5.13. The largest absolute Gasteiger partial charge is 0.453 e. The zero-order valence-corrected chi connectivity index (χ0v) is 12.1. The van der Waals surface area contributed by atoms with Crippen molar-refractivity contribution >= 4 is 27.5 Å². The van der Waals surface area contributed by atoms with Crippen LogP contribution in [0.2, 0.25) is 5.22 Å². The highest BCUT2D eigenvalue weighted by Crippen LogP contribution is 2.29. The van der Waals surface area contributed by atoms with Gasteiger partial charge in [-0.3, -0.25) is 0 Å². The molecule has 2 nitrogen and oxygen atoms in total. The summed E-state index contributed by atoms with van der Waals surface area (Å²) in [6.07, 6.45) is 2.16. The van der Waals surface area contributed by atoms with Gasteiger partial charge in [0.15, 0.2) is 5.22 Å². The average Bonchev–Trinajstić information content (AvgIpc) is 2.77. The van der Waals surface area contributed by atoms with Crippen LogP contribution in [0, 0.1) is 5.82 Å². The Morgan fingerprint density at radius 3 is 2.83 bits per heavy atom. The van der Waals surface area contributed by atoms with Crippen molar-refractivity contribution in [3.05, 3.63) is 57.2 Å². The lowest BCUT2D eigenvalue weighted by Gasteiger charge is -2.16. The first-order chi connectivity index (χ1) is 8.61. The van der Waals surface area contributed by atoms with Crippen LogP contribution < -0.4 is 5.32 Å². The highest BCUT2D eigenvalue weighted by Gasteiger charge is 2.17. The second-order valence-electron chi connectivity index (χ2n) is 3.93. The van der Waals surface area contributed by atoms with E-state index in [4.69, 9.17) is 16.0 Å². The van der Waals surface area contributed by atoms with Gasteiger partial charge in [0.05, 0.1) is 6.26 Å². The summed E-state index contributed by atoms with van der Waals surface area (Å²) in [5.74, 6) is -0.249. The summed E-state index contributed by atoms with van der Waals surface area (Å²) in [6.45, 7) is 0. The SMILES string of the molecule is CNC(Cc1cc(F)ccc1Br)c1ccoc1Cl. The van der Waals surface area contributed by atoms with Crippen LogP contribution in [0.4, 0.5) is 4.39 Å². The van der Waals surface area contributed by atoms with E-state index in [1.165, 1.54) is 12.1 Å². The number of hydrogen-bond acceptors (Lipinski definition) is 2. The fraction of sp³-hybridized carbons (Fsp3) is 0.231. The Bertz CT molecular complexity index is 544. The molecule has 0 aliphatic carbocycles. The minimum Gasteiger partial charge on any atom is -0.453 e. The molecular weight excluding hydrogens is 321 g/mol. The predicted octanol–water partition coefficient (Wildman–Crippen LogP) is 4.34. The molecule has 0 saturated heterocycles. The fourth-order valence-corrected chi connectivity index (χ4v) is 2.50. The molecule has 0 bridgehead atoms. The summed E-state index contributed by atoms with van der Waals surface area (Å²) >= 11 is 9.38. The summed E-state index contributed by atoms with van der Waals surface area (Å²) in [6, 6.07) is 6.44. The van der Waals surface area contributed by atoms with Gasteiger partial charge in [-0.1, -0.05) is 15.9 Å². The lowest BCUT2D eigenvalue weighted by Crippen LogP contribution is -2.18. The Labute approximate surface area is 118 Å². The smallest absolute Gasteiger partial charge is 0.197 e. The predicted molar refractivity (Wildman–Crippen MR) is 73.3 cm³/mol. The molecular formula is C13H12BrClFNO. The van der Waals surface area contributed by atoms with E-state index in [0.717, 1.165) is 15.6 Å². The van der Waals surface area contributed by atoms with Crippen molar-refractivity contribution in [2.45, 2.75) is 12.5 Å². The summed E-state index contributed by atoms with van der Waals surface area (Å²) in [5, 5.41) is 3.52. The molecule has 1 unspecified atom stereocenters. The lowest BCUT2D eigenvalue weighted by molar-refractivity contribution is 0.542. The maximum Gasteiger partial charge on any atom is 0.197 e. The van der Waals surface area contributed by atoms with Gasteiger partial charge in [-0.05, 0) is 54.9 Å². The third kappa shape index (κ3) is 2.94. The van der Waals surface area contributed by atoms with E-state index < -0.39 is 0 Å². The molecule has 5 heteroatoms.